The quantitative estimate of drug-likeness (QED) is 0.0436. The summed E-state index contributed by atoms with van der Waals surface area (Å²) in [6.45, 7) is 1.62. The molecule has 0 radical (unpaired) electrons. The predicted octanol–water partition coefficient (Wildman–Crippen LogP) is 0.592. The van der Waals surface area contributed by atoms with Crippen molar-refractivity contribution in [1.29, 1.82) is 0 Å². The second-order valence-electron chi connectivity index (χ2n) is 15.0. The normalized spacial score (nSPS) is 11.1. The minimum absolute atomic E-state index is 0.0437. The van der Waals surface area contributed by atoms with Gasteiger partial charge in [-0.15, -0.1) is 0 Å². The Morgan fingerprint density at radius 3 is 1.52 bits per heavy atom. The van der Waals surface area contributed by atoms with E-state index >= 15 is 0 Å². The van der Waals surface area contributed by atoms with Crippen LogP contribution in [0.25, 0.3) is 0 Å². The van der Waals surface area contributed by atoms with E-state index in [1.807, 2.05) is 10.6 Å². The highest BCUT2D eigenvalue weighted by atomic mass is 16.4. The molecule has 0 aliphatic rings. The minimum atomic E-state index is -1.39. The third-order valence-corrected chi connectivity index (χ3v) is 9.32. The first kappa shape index (κ1) is 57.9. The van der Waals surface area contributed by atoms with Gasteiger partial charge < -0.3 is 62.1 Å². The Bertz CT molecular complexity index is 1970. The number of urea groups is 1. The molecule has 0 saturated carbocycles. The Morgan fingerprint density at radius 2 is 1.06 bits per heavy atom. The molecular formula is C42H62N8O17. The summed E-state index contributed by atoms with van der Waals surface area (Å²) in [5, 5.41) is 83.6. The fourth-order valence-electron chi connectivity index (χ4n) is 5.87. The number of aromatic nitrogens is 2. The lowest BCUT2D eigenvalue weighted by Gasteiger charge is -2.26. The summed E-state index contributed by atoms with van der Waals surface area (Å²) in [5.74, 6) is -7.67. The first-order valence-corrected chi connectivity index (χ1v) is 21.4. The van der Waals surface area contributed by atoms with E-state index in [4.69, 9.17) is 20.4 Å². The zero-order valence-corrected chi connectivity index (χ0v) is 37.3. The van der Waals surface area contributed by atoms with Crippen molar-refractivity contribution >= 4 is 53.7 Å². The van der Waals surface area contributed by atoms with Crippen LogP contribution < -0.4 is 21.3 Å². The highest BCUT2D eigenvalue weighted by Crippen LogP contribution is 2.20. The average Bonchev–Trinajstić information content (AvgIpc) is 3.24. The molecule has 2 heterocycles. The van der Waals surface area contributed by atoms with Crippen molar-refractivity contribution in [2.75, 3.05) is 45.8 Å². The summed E-state index contributed by atoms with van der Waals surface area (Å²) in [4.78, 5) is 112. The number of aromatic hydroxyl groups is 2. The fraction of sp³-hybridized carbons (Fsp3) is 0.548. The smallest absolute Gasteiger partial charge is 0.326 e. The van der Waals surface area contributed by atoms with Crippen molar-refractivity contribution in [2.45, 2.75) is 103 Å². The van der Waals surface area contributed by atoms with E-state index in [0.717, 1.165) is 32.1 Å². The molecule has 0 saturated heterocycles. The van der Waals surface area contributed by atoms with Gasteiger partial charge in [-0.1, -0.05) is 19.8 Å². The second kappa shape index (κ2) is 32.5. The molecule has 25 heteroatoms. The summed E-state index contributed by atoms with van der Waals surface area (Å²) < 4.78 is 0. The summed E-state index contributed by atoms with van der Waals surface area (Å²) in [6, 6.07) is 3.50. The van der Waals surface area contributed by atoms with Crippen LogP contribution in [-0.2, 0) is 64.3 Å². The van der Waals surface area contributed by atoms with Gasteiger partial charge in [0.1, 0.15) is 24.1 Å². The van der Waals surface area contributed by atoms with E-state index in [9.17, 15) is 63.6 Å². The monoisotopic (exact) mass is 950 g/mol. The number of rotatable bonds is 33. The van der Waals surface area contributed by atoms with Gasteiger partial charge in [0.15, 0.2) is 0 Å². The topological polar surface area (TPSA) is 396 Å². The Hall–Kier alpha value is -7.15. The van der Waals surface area contributed by atoms with Crippen LogP contribution in [0.1, 0.15) is 93.9 Å². The van der Waals surface area contributed by atoms with Crippen molar-refractivity contribution in [1.82, 2.24) is 41.0 Å². The molecule has 12 N–H and O–H groups in total. The van der Waals surface area contributed by atoms with Crippen LogP contribution in [0, 0.1) is 0 Å². The van der Waals surface area contributed by atoms with Crippen LogP contribution in [0.15, 0.2) is 24.3 Å². The van der Waals surface area contributed by atoms with Crippen LogP contribution >= 0.6 is 0 Å². The largest absolute Gasteiger partial charge is 0.506 e. The Kier molecular flexibility index (Phi) is 28.1. The molecule has 25 nitrogen and oxygen atoms in total. The maximum absolute atomic E-state index is 12.4. The van der Waals surface area contributed by atoms with Gasteiger partial charge in [-0.05, 0) is 56.4 Å². The molecule has 0 spiro atoms. The first-order valence-electron chi connectivity index (χ1n) is 21.4. The molecule has 4 amide bonds. The molecule has 1 unspecified atom stereocenters. The zero-order chi connectivity index (χ0) is 50.3. The van der Waals surface area contributed by atoms with Crippen LogP contribution in [0.5, 0.6) is 11.5 Å². The Balaban J connectivity index is 0.00000111. The van der Waals surface area contributed by atoms with Crippen molar-refractivity contribution in [3.05, 3.63) is 47.0 Å². The molecule has 0 fully saturated rings. The number of amides is 4. The number of unbranched alkanes of at least 4 members (excludes halogenated alkanes) is 3. The third kappa shape index (κ3) is 28.4. The van der Waals surface area contributed by atoms with Gasteiger partial charge in [0.2, 0.25) is 11.8 Å². The van der Waals surface area contributed by atoms with Gasteiger partial charge in [0.25, 0.3) is 0 Å². The summed E-state index contributed by atoms with van der Waals surface area (Å²) in [7, 11) is 0. The van der Waals surface area contributed by atoms with Crippen molar-refractivity contribution < 1.29 is 84.0 Å². The first-order chi connectivity index (χ1) is 31.7. The van der Waals surface area contributed by atoms with E-state index in [-0.39, 0.29) is 93.0 Å². The van der Waals surface area contributed by atoms with Crippen LogP contribution in [0.4, 0.5) is 4.79 Å². The van der Waals surface area contributed by atoms with Gasteiger partial charge in [0, 0.05) is 76.3 Å². The molecule has 0 bridgehead atoms. The SMILES string of the molecule is CCCCNC(=O)CCCCCNC(=O)CCc1ccc(O)c(CN(CCN(CC(=O)O)Cc2nc(CCC(=O)O)ccc2O)CC(=O)O)n1.O=C(O)CCC(NC(=O)NCC(=O)O)C(=O)O. The van der Waals surface area contributed by atoms with Crippen molar-refractivity contribution in [3.63, 3.8) is 0 Å². The molecular weight excluding hydrogens is 889 g/mol. The number of nitrogens with zero attached hydrogens (tertiary/aromatic N) is 4. The number of pyridine rings is 2. The fourth-order valence-corrected chi connectivity index (χ4v) is 5.87. The molecule has 372 valence electrons. The number of carbonyl (C=O) groups is 9. The lowest BCUT2D eigenvalue weighted by atomic mass is 10.1. The van der Waals surface area contributed by atoms with Gasteiger partial charge in [-0.2, -0.15) is 0 Å². The van der Waals surface area contributed by atoms with Gasteiger partial charge in [-0.25, -0.2) is 9.59 Å². The maximum Gasteiger partial charge on any atom is 0.326 e. The molecule has 2 aromatic heterocycles. The number of aryl methyl sites for hydroxylation is 2. The van der Waals surface area contributed by atoms with E-state index in [0.29, 0.717) is 30.9 Å². The number of carbonyl (C=O) groups excluding carboxylic acids is 3. The number of carboxylic acids is 6. The molecule has 2 aromatic rings. The van der Waals surface area contributed by atoms with Crippen molar-refractivity contribution in [2.24, 2.45) is 0 Å². The molecule has 67 heavy (non-hydrogen) atoms. The number of aliphatic carboxylic acids is 6. The highest BCUT2D eigenvalue weighted by molar-refractivity contribution is 5.85. The average molecular weight is 951 g/mol. The standard InChI is InChI=1S/C34H50N6O10.C8H12N2O7/c1-2-3-16-35-30(43)7-5-4-6-17-36-31(44)14-10-24-8-12-28(41)26(37-24)20-39(22-33(47)48)18-19-40(23-34(49)50)21-27-29(42)13-9-25(38-27)11-15-32(45)46;11-5(12)2-1-4(7(15)16)10-8(17)9-3-6(13)14/h8-9,12-13,41-42H,2-7,10-11,14-23H2,1H3,(H,35,43)(H,36,44)(H,45,46)(H,47,48)(H,49,50);4H,1-3H2,(H,11,12)(H,13,14)(H,15,16)(H2,9,10,17). The number of nitrogens with one attached hydrogen (secondary N) is 4. The van der Waals surface area contributed by atoms with Gasteiger partial charge in [0.05, 0.1) is 30.9 Å². The predicted molar refractivity (Wildman–Crippen MR) is 234 cm³/mol. The van der Waals surface area contributed by atoms with E-state index in [2.05, 4.69) is 27.5 Å². The number of hydrogen-bond acceptors (Lipinski definition) is 15. The minimum Gasteiger partial charge on any atom is -0.506 e. The second-order valence-corrected chi connectivity index (χ2v) is 15.0. The molecule has 0 aliphatic heterocycles. The van der Waals surface area contributed by atoms with Gasteiger partial charge >= 0.3 is 41.8 Å². The van der Waals surface area contributed by atoms with E-state index in [1.165, 1.54) is 28.0 Å². The maximum atomic E-state index is 12.4. The molecule has 2 rings (SSSR count). The van der Waals surface area contributed by atoms with Gasteiger partial charge in [-0.3, -0.25) is 53.3 Å². The van der Waals surface area contributed by atoms with Crippen LogP contribution in [-0.4, -0.2) is 166 Å². The van der Waals surface area contributed by atoms with Crippen LogP contribution in [0.2, 0.25) is 0 Å². The summed E-state index contributed by atoms with van der Waals surface area (Å²) >= 11 is 0. The summed E-state index contributed by atoms with van der Waals surface area (Å²) in [5.41, 5.74) is 1.28. The van der Waals surface area contributed by atoms with Crippen molar-refractivity contribution in [3.8, 4) is 11.5 Å². The third-order valence-electron chi connectivity index (χ3n) is 9.32. The molecule has 0 aromatic carbocycles. The Morgan fingerprint density at radius 1 is 0.567 bits per heavy atom. The molecule has 1 atom stereocenters. The lowest BCUT2D eigenvalue weighted by molar-refractivity contribution is -0.141. The molecule has 0 aliphatic carbocycles. The number of carboxylic acid groups (broad SMARTS) is 6. The zero-order valence-electron chi connectivity index (χ0n) is 37.3. The van der Waals surface area contributed by atoms with E-state index < -0.39 is 73.9 Å². The Labute approximate surface area is 385 Å². The van der Waals surface area contributed by atoms with E-state index in [1.54, 1.807) is 6.07 Å². The number of hydrogen-bond donors (Lipinski definition) is 12. The lowest BCUT2D eigenvalue weighted by Crippen LogP contribution is -2.47. The highest BCUT2D eigenvalue weighted by Gasteiger charge is 2.22. The van der Waals surface area contributed by atoms with Crippen LogP contribution in [0.3, 0.4) is 0 Å². The summed E-state index contributed by atoms with van der Waals surface area (Å²) in [6.07, 6.45) is 4.43.